The van der Waals surface area contributed by atoms with E-state index in [1.165, 1.54) is 19.3 Å². The first-order valence-corrected chi connectivity index (χ1v) is 12.3. The smallest absolute Gasteiger partial charge is 0.243 e. The molecule has 0 aromatic heterocycles. The van der Waals surface area contributed by atoms with E-state index in [2.05, 4.69) is 18.5 Å². The summed E-state index contributed by atoms with van der Waals surface area (Å²) < 4.78 is 33.2. The largest absolute Gasteiger partial charge is 0.378 e. The summed E-state index contributed by atoms with van der Waals surface area (Å²) in [5.74, 6) is 0. The Morgan fingerprint density at radius 2 is 1.69 bits per heavy atom. The lowest BCUT2D eigenvalue weighted by atomic mass is 9.93. The first kappa shape index (κ1) is 24.1. The van der Waals surface area contributed by atoms with Crippen LogP contribution < -0.4 is 0 Å². The molecule has 1 aromatic rings. The van der Waals surface area contributed by atoms with Crippen LogP contribution in [0, 0.1) is 0 Å². The van der Waals surface area contributed by atoms with E-state index in [1.807, 2.05) is 12.1 Å². The Balaban J connectivity index is 1.61. The molecule has 0 atom stereocenters. The lowest BCUT2D eigenvalue weighted by Gasteiger charge is -2.34. The first-order chi connectivity index (χ1) is 13.9. The molecule has 6 heteroatoms. The molecule has 1 saturated carbocycles. The minimum Gasteiger partial charge on any atom is -0.378 e. The highest BCUT2D eigenvalue weighted by Crippen LogP contribution is 2.28. The second-order valence-electron chi connectivity index (χ2n) is 8.10. The van der Waals surface area contributed by atoms with E-state index in [4.69, 9.17) is 4.74 Å². The standard InChI is InChI=1S/C23H38N2O3S/c1-4-18-24(2)19-10-5-6-11-20-28-22-16-14-21(15-17-22)25(3)29(26,27)23-12-8-7-9-13-23/h4,7-9,12-13,21-22H,1,5-6,10-11,14-20H2,2-3H3/t21-,22-. The third-order valence-electron chi connectivity index (χ3n) is 5.81. The molecule has 2 rings (SSSR count). The second kappa shape index (κ2) is 12.5. The van der Waals surface area contributed by atoms with Crippen molar-refractivity contribution in [3.63, 3.8) is 0 Å². The molecule has 1 fully saturated rings. The Morgan fingerprint density at radius 1 is 1.03 bits per heavy atom. The van der Waals surface area contributed by atoms with E-state index in [0.717, 1.165) is 51.8 Å². The van der Waals surface area contributed by atoms with E-state index >= 15 is 0 Å². The molecule has 0 bridgehead atoms. The zero-order chi connectivity index (χ0) is 21.1. The molecule has 0 aliphatic heterocycles. The third kappa shape index (κ3) is 7.85. The normalized spacial score (nSPS) is 20.3. The minimum atomic E-state index is -3.41. The van der Waals surface area contributed by atoms with Crippen molar-refractivity contribution < 1.29 is 13.2 Å². The van der Waals surface area contributed by atoms with Gasteiger partial charge in [0.2, 0.25) is 10.0 Å². The lowest BCUT2D eigenvalue weighted by Crippen LogP contribution is -2.40. The SMILES string of the molecule is C=CCN(C)CCCCCCO[C@H]1CC[C@H](N(C)S(=O)(=O)c2ccccc2)CC1. The van der Waals surface area contributed by atoms with Gasteiger partial charge in [-0.3, -0.25) is 0 Å². The van der Waals surface area contributed by atoms with Crippen molar-refractivity contribution in [2.24, 2.45) is 0 Å². The minimum absolute atomic E-state index is 0.0626. The molecule has 29 heavy (non-hydrogen) atoms. The molecule has 0 N–H and O–H groups in total. The molecule has 0 unspecified atom stereocenters. The Labute approximate surface area is 177 Å². The fourth-order valence-corrected chi connectivity index (χ4v) is 5.37. The van der Waals surface area contributed by atoms with Crippen molar-refractivity contribution in [3.05, 3.63) is 43.0 Å². The van der Waals surface area contributed by atoms with Crippen LogP contribution in [0.2, 0.25) is 0 Å². The van der Waals surface area contributed by atoms with Crippen LogP contribution in [-0.2, 0) is 14.8 Å². The zero-order valence-electron chi connectivity index (χ0n) is 18.1. The van der Waals surface area contributed by atoms with Crippen molar-refractivity contribution in [2.75, 3.05) is 33.8 Å². The highest BCUT2D eigenvalue weighted by molar-refractivity contribution is 7.89. The van der Waals surface area contributed by atoms with Gasteiger partial charge in [-0.2, -0.15) is 4.31 Å². The van der Waals surface area contributed by atoms with Crippen LogP contribution in [0.3, 0.4) is 0 Å². The predicted molar refractivity (Wildman–Crippen MR) is 120 cm³/mol. The van der Waals surface area contributed by atoms with E-state index in [1.54, 1.807) is 35.6 Å². The van der Waals surface area contributed by atoms with Crippen molar-refractivity contribution in [1.82, 2.24) is 9.21 Å². The maximum atomic E-state index is 12.8. The summed E-state index contributed by atoms with van der Waals surface area (Å²) in [6.07, 6.45) is 10.6. The zero-order valence-corrected chi connectivity index (χ0v) is 18.9. The molecular weight excluding hydrogens is 384 g/mol. The van der Waals surface area contributed by atoms with Crippen LogP contribution in [0.5, 0.6) is 0 Å². The molecule has 164 valence electrons. The molecule has 1 aliphatic carbocycles. The Morgan fingerprint density at radius 3 is 2.34 bits per heavy atom. The van der Waals surface area contributed by atoms with Gasteiger partial charge in [0.15, 0.2) is 0 Å². The molecule has 1 aliphatic rings. The highest BCUT2D eigenvalue weighted by Gasteiger charge is 2.31. The average Bonchev–Trinajstić information content (AvgIpc) is 2.74. The molecule has 5 nitrogen and oxygen atoms in total. The molecule has 0 amide bonds. The van der Waals surface area contributed by atoms with Crippen molar-refractivity contribution in [2.45, 2.75) is 68.4 Å². The van der Waals surface area contributed by atoms with Crippen LogP contribution >= 0.6 is 0 Å². The Kier molecular flexibility index (Phi) is 10.4. The molecule has 0 saturated heterocycles. The maximum absolute atomic E-state index is 12.8. The molecule has 0 spiro atoms. The third-order valence-corrected chi connectivity index (χ3v) is 7.73. The van der Waals surface area contributed by atoms with E-state index in [0.29, 0.717) is 4.90 Å². The van der Waals surface area contributed by atoms with Gasteiger partial charge in [-0.1, -0.05) is 37.1 Å². The number of hydrogen-bond acceptors (Lipinski definition) is 4. The van der Waals surface area contributed by atoms with Gasteiger partial charge in [0.1, 0.15) is 0 Å². The van der Waals surface area contributed by atoms with Crippen LogP contribution in [0.15, 0.2) is 47.9 Å². The number of nitrogens with zero attached hydrogens (tertiary/aromatic N) is 2. The van der Waals surface area contributed by atoms with Crippen molar-refractivity contribution >= 4 is 10.0 Å². The number of hydrogen-bond donors (Lipinski definition) is 0. The van der Waals surface area contributed by atoms with Gasteiger partial charge in [-0.05, 0) is 64.3 Å². The summed E-state index contributed by atoms with van der Waals surface area (Å²) in [5.41, 5.74) is 0. The van der Waals surface area contributed by atoms with Gasteiger partial charge < -0.3 is 9.64 Å². The second-order valence-corrected chi connectivity index (χ2v) is 10.1. The fourth-order valence-electron chi connectivity index (χ4n) is 3.93. The van der Waals surface area contributed by atoms with Gasteiger partial charge in [-0.25, -0.2) is 8.42 Å². The van der Waals surface area contributed by atoms with E-state index < -0.39 is 10.0 Å². The quantitative estimate of drug-likeness (QED) is 0.351. The average molecular weight is 423 g/mol. The summed E-state index contributed by atoms with van der Waals surface area (Å²) in [4.78, 5) is 2.66. The number of ether oxygens (including phenoxy) is 1. The lowest BCUT2D eigenvalue weighted by molar-refractivity contribution is 0.0156. The monoisotopic (exact) mass is 422 g/mol. The summed E-state index contributed by atoms with van der Waals surface area (Å²) in [6, 6.07) is 8.77. The summed E-state index contributed by atoms with van der Waals surface area (Å²) in [7, 11) is 0.425. The fraction of sp³-hybridized carbons (Fsp3) is 0.652. The maximum Gasteiger partial charge on any atom is 0.243 e. The van der Waals surface area contributed by atoms with Crippen LogP contribution in [0.25, 0.3) is 0 Å². The van der Waals surface area contributed by atoms with Crippen LogP contribution in [-0.4, -0.2) is 63.6 Å². The number of rotatable bonds is 13. The summed E-state index contributed by atoms with van der Waals surface area (Å²) in [5, 5.41) is 0. The predicted octanol–water partition coefficient (Wildman–Crippen LogP) is 4.31. The van der Waals surface area contributed by atoms with Crippen LogP contribution in [0.1, 0.15) is 51.4 Å². The van der Waals surface area contributed by atoms with Crippen molar-refractivity contribution in [1.29, 1.82) is 0 Å². The van der Waals surface area contributed by atoms with E-state index in [-0.39, 0.29) is 12.1 Å². The number of likely N-dealkylation sites (N-methyl/N-ethyl adjacent to an activating group) is 1. The van der Waals surface area contributed by atoms with Gasteiger partial charge in [0.05, 0.1) is 11.0 Å². The summed E-state index contributed by atoms with van der Waals surface area (Å²) in [6.45, 7) is 6.65. The Hall–Kier alpha value is -1.21. The number of benzene rings is 1. The Bertz CT molecular complexity index is 685. The number of unbranched alkanes of at least 4 members (excludes halogenated alkanes) is 3. The molecular formula is C23H38N2O3S. The first-order valence-electron chi connectivity index (χ1n) is 10.9. The summed E-state index contributed by atoms with van der Waals surface area (Å²) >= 11 is 0. The molecule has 0 heterocycles. The molecule has 0 radical (unpaired) electrons. The topological polar surface area (TPSA) is 49.9 Å². The van der Waals surface area contributed by atoms with E-state index in [9.17, 15) is 8.42 Å². The van der Waals surface area contributed by atoms with Gasteiger partial charge in [-0.15, -0.1) is 6.58 Å². The molecule has 1 aromatic carbocycles. The van der Waals surface area contributed by atoms with Gasteiger partial charge in [0, 0.05) is 26.2 Å². The van der Waals surface area contributed by atoms with Gasteiger partial charge >= 0.3 is 0 Å². The van der Waals surface area contributed by atoms with Crippen LogP contribution in [0.4, 0.5) is 0 Å². The van der Waals surface area contributed by atoms with Gasteiger partial charge in [0.25, 0.3) is 0 Å². The highest BCUT2D eigenvalue weighted by atomic mass is 32.2. The number of sulfonamides is 1. The van der Waals surface area contributed by atoms with Crippen molar-refractivity contribution in [3.8, 4) is 0 Å².